The summed E-state index contributed by atoms with van der Waals surface area (Å²) in [5, 5.41) is 0. The Bertz CT molecular complexity index is 575. The molecule has 1 amide bonds. The number of carbonyl (C=O) groups excluding carboxylic acids is 1. The number of hydrogen-bond acceptors (Lipinski definition) is 2. The molecule has 2 fully saturated rings. The molecular weight excluding hydrogens is 317 g/mol. The summed E-state index contributed by atoms with van der Waals surface area (Å²) in [5.74, 6) is -1.97. The van der Waals surface area contributed by atoms with Crippen LogP contribution in [0.2, 0.25) is 0 Å². The van der Waals surface area contributed by atoms with Crippen molar-refractivity contribution in [2.75, 3.05) is 13.1 Å². The SMILES string of the molecule is N[C@@H]1CN(C(=O)C2CCCC(C(F)(F)F)C2)C[C@H]1c1ccccc1. The van der Waals surface area contributed by atoms with E-state index in [1.165, 1.54) is 0 Å². The van der Waals surface area contributed by atoms with Gasteiger partial charge in [-0.3, -0.25) is 4.79 Å². The van der Waals surface area contributed by atoms with Gasteiger partial charge in [0, 0.05) is 31.0 Å². The number of alkyl halides is 3. The first-order chi connectivity index (χ1) is 11.4. The zero-order valence-electron chi connectivity index (χ0n) is 13.5. The molecule has 2 unspecified atom stereocenters. The minimum atomic E-state index is -4.20. The van der Waals surface area contributed by atoms with Crippen molar-refractivity contribution < 1.29 is 18.0 Å². The molecule has 1 saturated carbocycles. The van der Waals surface area contributed by atoms with Gasteiger partial charge < -0.3 is 10.6 Å². The van der Waals surface area contributed by atoms with Gasteiger partial charge in [-0.2, -0.15) is 13.2 Å². The largest absolute Gasteiger partial charge is 0.391 e. The van der Waals surface area contributed by atoms with Gasteiger partial charge in [0.2, 0.25) is 5.91 Å². The van der Waals surface area contributed by atoms with Gasteiger partial charge >= 0.3 is 6.18 Å². The third-order valence-corrected chi connectivity index (χ3v) is 5.39. The number of hydrogen-bond donors (Lipinski definition) is 1. The first-order valence-corrected chi connectivity index (χ1v) is 8.52. The number of likely N-dealkylation sites (tertiary alicyclic amines) is 1. The number of rotatable bonds is 2. The molecule has 1 aromatic rings. The molecule has 0 radical (unpaired) electrons. The molecule has 1 aliphatic carbocycles. The Morgan fingerprint density at radius 2 is 1.83 bits per heavy atom. The average molecular weight is 340 g/mol. The van der Waals surface area contributed by atoms with E-state index in [2.05, 4.69) is 0 Å². The lowest BCUT2D eigenvalue weighted by Gasteiger charge is -2.32. The normalized spacial score (nSPS) is 31.2. The predicted molar refractivity (Wildman–Crippen MR) is 85.2 cm³/mol. The van der Waals surface area contributed by atoms with Crippen molar-refractivity contribution in [1.82, 2.24) is 4.90 Å². The van der Waals surface area contributed by atoms with Crippen LogP contribution in [0, 0.1) is 11.8 Å². The first kappa shape index (κ1) is 17.3. The van der Waals surface area contributed by atoms with Gasteiger partial charge in [-0.05, 0) is 24.8 Å². The first-order valence-electron chi connectivity index (χ1n) is 8.52. The summed E-state index contributed by atoms with van der Waals surface area (Å²) in [5.41, 5.74) is 7.27. The average Bonchev–Trinajstić information content (AvgIpc) is 2.96. The van der Waals surface area contributed by atoms with Crippen LogP contribution in [0.15, 0.2) is 30.3 Å². The van der Waals surface area contributed by atoms with E-state index in [0.717, 1.165) is 5.56 Å². The monoisotopic (exact) mass is 340 g/mol. The van der Waals surface area contributed by atoms with Crippen molar-refractivity contribution >= 4 is 5.91 Å². The molecule has 0 bridgehead atoms. The number of amides is 1. The summed E-state index contributed by atoms with van der Waals surface area (Å²) >= 11 is 0. The smallest absolute Gasteiger partial charge is 0.340 e. The summed E-state index contributed by atoms with van der Waals surface area (Å²) in [6.07, 6.45) is -3.13. The van der Waals surface area contributed by atoms with Crippen molar-refractivity contribution in [1.29, 1.82) is 0 Å². The maximum absolute atomic E-state index is 13.0. The van der Waals surface area contributed by atoms with Crippen molar-refractivity contribution in [3.8, 4) is 0 Å². The predicted octanol–water partition coefficient (Wildman–Crippen LogP) is 3.31. The highest BCUT2D eigenvalue weighted by Crippen LogP contribution is 2.41. The Kier molecular flexibility index (Phi) is 4.85. The summed E-state index contributed by atoms with van der Waals surface area (Å²) in [7, 11) is 0. The molecule has 1 aliphatic heterocycles. The standard InChI is InChI=1S/C18H23F3N2O/c19-18(20,21)14-8-4-7-13(9-14)17(24)23-10-15(16(22)11-23)12-5-2-1-3-6-12/h1-3,5-6,13-16H,4,7-11,22H2/t13?,14?,15-,16+/m0/s1. The van der Waals surface area contributed by atoms with Crippen LogP contribution >= 0.6 is 0 Å². The van der Waals surface area contributed by atoms with E-state index in [1.54, 1.807) is 4.90 Å². The van der Waals surface area contributed by atoms with Crippen LogP contribution in [-0.4, -0.2) is 36.1 Å². The molecule has 24 heavy (non-hydrogen) atoms. The number of nitrogens with two attached hydrogens (primary N) is 1. The molecule has 6 heteroatoms. The Labute approximate surface area is 140 Å². The molecule has 2 N–H and O–H groups in total. The molecule has 0 spiro atoms. The van der Waals surface area contributed by atoms with Crippen LogP contribution in [0.3, 0.4) is 0 Å². The molecule has 1 heterocycles. The topological polar surface area (TPSA) is 46.3 Å². The number of nitrogens with zero attached hydrogens (tertiary/aromatic N) is 1. The van der Waals surface area contributed by atoms with E-state index in [9.17, 15) is 18.0 Å². The molecular formula is C18H23F3N2O. The van der Waals surface area contributed by atoms with Gasteiger partial charge in [-0.15, -0.1) is 0 Å². The third-order valence-electron chi connectivity index (χ3n) is 5.39. The van der Waals surface area contributed by atoms with Gasteiger partial charge in [0.25, 0.3) is 0 Å². The van der Waals surface area contributed by atoms with E-state index < -0.39 is 18.0 Å². The fourth-order valence-electron chi connectivity index (χ4n) is 4.03. The Balaban J connectivity index is 1.66. The molecule has 1 aromatic carbocycles. The summed E-state index contributed by atoms with van der Waals surface area (Å²) < 4.78 is 38.9. The highest BCUT2D eigenvalue weighted by atomic mass is 19.4. The quantitative estimate of drug-likeness (QED) is 0.898. The summed E-state index contributed by atoms with van der Waals surface area (Å²) in [6.45, 7) is 0.919. The van der Waals surface area contributed by atoms with Crippen LogP contribution in [-0.2, 0) is 4.79 Å². The van der Waals surface area contributed by atoms with E-state index in [1.807, 2.05) is 30.3 Å². The van der Waals surface area contributed by atoms with E-state index >= 15 is 0 Å². The van der Waals surface area contributed by atoms with Crippen LogP contribution in [0.1, 0.15) is 37.2 Å². The van der Waals surface area contributed by atoms with Gasteiger partial charge in [-0.25, -0.2) is 0 Å². The lowest BCUT2D eigenvalue weighted by Crippen LogP contribution is -2.40. The van der Waals surface area contributed by atoms with Crippen LogP contribution in [0.25, 0.3) is 0 Å². The Hall–Kier alpha value is -1.56. The van der Waals surface area contributed by atoms with E-state index in [4.69, 9.17) is 5.73 Å². The minimum Gasteiger partial charge on any atom is -0.340 e. The Morgan fingerprint density at radius 3 is 2.50 bits per heavy atom. The van der Waals surface area contributed by atoms with Gasteiger partial charge in [0.05, 0.1) is 5.92 Å². The molecule has 1 saturated heterocycles. The molecule has 4 atom stereocenters. The second-order valence-electron chi connectivity index (χ2n) is 7.03. The third kappa shape index (κ3) is 3.58. The van der Waals surface area contributed by atoms with Crippen molar-refractivity contribution in [3.63, 3.8) is 0 Å². The van der Waals surface area contributed by atoms with E-state index in [-0.39, 0.29) is 30.7 Å². The number of benzene rings is 1. The van der Waals surface area contributed by atoms with Gasteiger partial charge in [0.1, 0.15) is 0 Å². The molecule has 2 aliphatic rings. The maximum Gasteiger partial charge on any atom is 0.391 e. The minimum absolute atomic E-state index is 0.0529. The van der Waals surface area contributed by atoms with Crippen LogP contribution in [0.4, 0.5) is 13.2 Å². The fraction of sp³-hybridized carbons (Fsp3) is 0.611. The van der Waals surface area contributed by atoms with Crippen LogP contribution < -0.4 is 5.73 Å². The fourth-order valence-corrected chi connectivity index (χ4v) is 4.03. The Morgan fingerprint density at radius 1 is 1.12 bits per heavy atom. The van der Waals surface area contributed by atoms with Crippen molar-refractivity contribution in [2.24, 2.45) is 17.6 Å². The maximum atomic E-state index is 13.0. The second kappa shape index (κ2) is 6.75. The van der Waals surface area contributed by atoms with Crippen molar-refractivity contribution in [3.05, 3.63) is 35.9 Å². The highest BCUT2D eigenvalue weighted by Gasteiger charge is 2.45. The number of carbonyl (C=O) groups is 1. The molecule has 0 aromatic heterocycles. The second-order valence-corrected chi connectivity index (χ2v) is 7.03. The van der Waals surface area contributed by atoms with Gasteiger partial charge in [0.15, 0.2) is 0 Å². The molecule has 3 nitrogen and oxygen atoms in total. The van der Waals surface area contributed by atoms with E-state index in [0.29, 0.717) is 25.9 Å². The zero-order valence-corrected chi connectivity index (χ0v) is 13.5. The summed E-state index contributed by atoms with van der Waals surface area (Å²) in [4.78, 5) is 14.4. The number of halogens is 3. The van der Waals surface area contributed by atoms with Gasteiger partial charge in [-0.1, -0.05) is 36.8 Å². The molecule has 132 valence electrons. The lowest BCUT2D eigenvalue weighted by atomic mass is 9.80. The lowest BCUT2D eigenvalue weighted by molar-refractivity contribution is -0.187. The summed E-state index contributed by atoms with van der Waals surface area (Å²) in [6, 6.07) is 9.59. The van der Waals surface area contributed by atoms with Crippen molar-refractivity contribution in [2.45, 2.75) is 43.8 Å². The highest BCUT2D eigenvalue weighted by molar-refractivity contribution is 5.79. The van der Waals surface area contributed by atoms with Crippen LogP contribution in [0.5, 0.6) is 0 Å². The molecule has 3 rings (SSSR count). The zero-order chi connectivity index (χ0) is 17.3.